The molecule has 0 aliphatic heterocycles. The van der Waals surface area contributed by atoms with E-state index in [9.17, 15) is 0 Å². The monoisotopic (exact) mass is 172 g/mol. The fourth-order valence-corrected chi connectivity index (χ4v) is 0.956. The number of furan rings is 1. The normalized spacial score (nSPS) is 10.8. The van der Waals surface area contributed by atoms with Gasteiger partial charge < -0.3 is 4.42 Å². The zero-order chi connectivity index (χ0) is 8.93. The highest BCUT2D eigenvalue weighted by Crippen LogP contribution is 2.05. The van der Waals surface area contributed by atoms with E-state index in [1.54, 1.807) is 12.5 Å². The van der Waals surface area contributed by atoms with Crippen molar-refractivity contribution in [3.63, 3.8) is 0 Å². The molecule has 0 aliphatic carbocycles. The van der Waals surface area contributed by atoms with Crippen molar-refractivity contribution in [2.24, 2.45) is 0 Å². The molecule has 0 bridgehead atoms. The molecule has 0 fully saturated rings. The predicted octanol–water partition coefficient (Wildman–Crippen LogP) is 2.24. The third-order valence-electron chi connectivity index (χ3n) is 1.55. The van der Waals surface area contributed by atoms with Crippen LogP contribution in [0.15, 0.2) is 41.1 Å². The molecule has 2 aromatic heterocycles. The summed E-state index contributed by atoms with van der Waals surface area (Å²) in [6.07, 6.45) is 6.98. The number of rotatable bonds is 2. The minimum Gasteiger partial charge on any atom is -0.465 e. The highest BCUT2D eigenvalue weighted by molar-refractivity contribution is 5.64. The van der Waals surface area contributed by atoms with Crippen LogP contribution in [0.2, 0.25) is 0 Å². The summed E-state index contributed by atoms with van der Waals surface area (Å²) >= 11 is 0. The van der Waals surface area contributed by atoms with E-state index in [4.69, 9.17) is 4.42 Å². The van der Waals surface area contributed by atoms with Gasteiger partial charge >= 0.3 is 0 Å². The Morgan fingerprint density at radius 3 is 2.85 bits per heavy atom. The first kappa shape index (κ1) is 7.73. The Bertz CT molecular complexity index is 379. The summed E-state index contributed by atoms with van der Waals surface area (Å²) < 4.78 is 5.12. The van der Waals surface area contributed by atoms with E-state index in [-0.39, 0.29) is 0 Å². The van der Waals surface area contributed by atoms with Crippen LogP contribution in [-0.4, -0.2) is 10.2 Å². The largest absolute Gasteiger partial charge is 0.465 e. The zero-order valence-corrected chi connectivity index (χ0v) is 6.92. The van der Waals surface area contributed by atoms with Crippen molar-refractivity contribution in [3.05, 3.63) is 48.2 Å². The van der Waals surface area contributed by atoms with Crippen LogP contribution in [0, 0.1) is 0 Å². The Morgan fingerprint density at radius 1 is 1.15 bits per heavy atom. The number of nitrogens with zero attached hydrogens (tertiary/aromatic N) is 2. The zero-order valence-electron chi connectivity index (χ0n) is 6.92. The summed E-state index contributed by atoms with van der Waals surface area (Å²) in [5.74, 6) is 0.811. The van der Waals surface area contributed by atoms with Crippen LogP contribution < -0.4 is 0 Å². The molecule has 0 spiro atoms. The quantitative estimate of drug-likeness (QED) is 0.697. The van der Waals surface area contributed by atoms with E-state index < -0.39 is 0 Å². The predicted molar refractivity (Wildman–Crippen MR) is 49.7 cm³/mol. The fraction of sp³-hybridized carbons (Fsp3) is 0. The minimum atomic E-state index is 0.811. The lowest BCUT2D eigenvalue weighted by Gasteiger charge is -1.87. The Balaban J connectivity index is 2.15. The van der Waals surface area contributed by atoms with Gasteiger partial charge in [-0.2, -0.15) is 10.2 Å². The first-order valence-corrected chi connectivity index (χ1v) is 3.94. The fourth-order valence-electron chi connectivity index (χ4n) is 0.956. The molecule has 0 saturated carbocycles. The maximum Gasteiger partial charge on any atom is 0.126 e. The van der Waals surface area contributed by atoms with Crippen LogP contribution in [0.5, 0.6) is 0 Å². The lowest BCUT2D eigenvalue weighted by atomic mass is 10.3. The van der Waals surface area contributed by atoms with Crippen molar-refractivity contribution in [3.8, 4) is 0 Å². The summed E-state index contributed by atoms with van der Waals surface area (Å²) in [5.41, 5.74) is 0.818. The van der Waals surface area contributed by atoms with Crippen molar-refractivity contribution in [1.29, 1.82) is 0 Å². The van der Waals surface area contributed by atoms with Crippen molar-refractivity contribution in [2.45, 2.75) is 0 Å². The van der Waals surface area contributed by atoms with Crippen LogP contribution in [-0.2, 0) is 0 Å². The van der Waals surface area contributed by atoms with Crippen molar-refractivity contribution in [1.82, 2.24) is 10.2 Å². The van der Waals surface area contributed by atoms with Gasteiger partial charge in [-0.3, -0.25) is 0 Å². The van der Waals surface area contributed by atoms with Crippen molar-refractivity contribution < 1.29 is 4.42 Å². The summed E-state index contributed by atoms with van der Waals surface area (Å²) in [4.78, 5) is 0. The Morgan fingerprint density at radius 2 is 2.15 bits per heavy atom. The molecule has 64 valence electrons. The second-order valence-corrected chi connectivity index (χ2v) is 2.50. The Labute approximate surface area is 75.7 Å². The summed E-state index contributed by atoms with van der Waals surface area (Å²) in [5, 5.41) is 7.65. The van der Waals surface area contributed by atoms with E-state index >= 15 is 0 Å². The number of hydrogen-bond acceptors (Lipinski definition) is 3. The van der Waals surface area contributed by atoms with Gasteiger partial charge in [0.15, 0.2) is 0 Å². The lowest BCUT2D eigenvalue weighted by molar-refractivity contribution is 0.557. The average molecular weight is 172 g/mol. The van der Waals surface area contributed by atoms with Crippen molar-refractivity contribution >= 4 is 12.2 Å². The molecule has 0 amide bonds. The topological polar surface area (TPSA) is 38.9 Å². The molecule has 0 aromatic carbocycles. The lowest BCUT2D eigenvalue weighted by Crippen LogP contribution is -1.81. The van der Waals surface area contributed by atoms with Gasteiger partial charge in [0.2, 0.25) is 0 Å². The van der Waals surface area contributed by atoms with Gasteiger partial charge in [0.25, 0.3) is 0 Å². The molecular weight excluding hydrogens is 164 g/mol. The van der Waals surface area contributed by atoms with Gasteiger partial charge in [-0.05, 0) is 36.4 Å². The van der Waals surface area contributed by atoms with E-state index in [1.165, 1.54) is 0 Å². The summed E-state index contributed by atoms with van der Waals surface area (Å²) in [7, 11) is 0. The highest BCUT2D eigenvalue weighted by atomic mass is 16.3. The molecule has 3 heteroatoms. The number of aromatic nitrogens is 2. The molecule has 0 N–H and O–H groups in total. The van der Waals surface area contributed by atoms with E-state index in [0.717, 1.165) is 11.5 Å². The van der Waals surface area contributed by atoms with Crippen LogP contribution >= 0.6 is 0 Å². The molecule has 2 aromatic rings. The highest BCUT2D eigenvalue weighted by Gasteiger charge is 1.88. The SMILES string of the molecule is C(=C\c1ccco1)/c1cccnn1. The van der Waals surface area contributed by atoms with E-state index in [2.05, 4.69) is 10.2 Å². The second-order valence-electron chi connectivity index (χ2n) is 2.50. The smallest absolute Gasteiger partial charge is 0.126 e. The van der Waals surface area contributed by atoms with Crippen LogP contribution in [0.3, 0.4) is 0 Å². The third kappa shape index (κ3) is 2.02. The van der Waals surface area contributed by atoms with Gasteiger partial charge in [-0.15, -0.1) is 0 Å². The van der Waals surface area contributed by atoms with Gasteiger partial charge in [0.1, 0.15) is 5.76 Å². The molecule has 0 unspecified atom stereocenters. The minimum absolute atomic E-state index is 0.811. The molecule has 0 atom stereocenters. The molecule has 3 nitrogen and oxygen atoms in total. The van der Waals surface area contributed by atoms with Gasteiger partial charge in [-0.25, -0.2) is 0 Å². The maximum absolute atomic E-state index is 5.12. The van der Waals surface area contributed by atoms with E-state index in [1.807, 2.05) is 36.4 Å². The maximum atomic E-state index is 5.12. The van der Waals surface area contributed by atoms with Gasteiger partial charge in [0, 0.05) is 6.20 Å². The van der Waals surface area contributed by atoms with Crippen LogP contribution in [0.4, 0.5) is 0 Å². The second kappa shape index (κ2) is 3.67. The first-order chi connectivity index (χ1) is 6.45. The van der Waals surface area contributed by atoms with Gasteiger partial charge in [-0.1, -0.05) is 0 Å². The Hall–Kier alpha value is -1.90. The van der Waals surface area contributed by atoms with Crippen molar-refractivity contribution in [2.75, 3.05) is 0 Å². The number of hydrogen-bond donors (Lipinski definition) is 0. The van der Waals surface area contributed by atoms with E-state index in [0.29, 0.717) is 0 Å². The molecule has 0 saturated heterocycles. The van der Waals surface area contributed by atoms with Gasteiger partial charge in [0.05, 0.1) is 12.0 Å². The Kier molecular flexibility index (Phi) is 2.18. The average Bonchev–Trinajstić information content (AvgIpc) is 2.69. The molecule has 0 aliphatic rings. The summed E-state index contributed by atoms with van der Waals surface area (Å²) in [6, 6.07) is 7.45. The molecule has 2 heterocycles. The molecular formula is C10H8N2O. The van der Waals surface area contributed by atoms with Crippen LogP contribution in [0.25, 0.3) is 12.2 Å². The first-order valence-electron chi connectivity index (χ1n) is 3.94. The summed E-state index contributed by atoms with van der Waals surface area (Å²) in [6.45, 7) is 0. The molecule has 13 heavy (non-hydrogen) atoms. The van der Waals surface area contributed by atoms with Crippen LogP contribution in [0.1, 0.15) is 11.5 Å². The molecule has 2 rings (SSSR count). The molecule has 0 radical (unpaired) electrons. The standard InChI is InChI=1S/C10H8N2O/c1-3-9(12-11-7-1)5-6-10-4-2-8-13-10/h1-8H/b6-5+. The third-order valence-corrected chi connectivity index (χ3v) is 1.55.